The molecule has 1 aliphatic carbocycles. The molecule has 0 aromatic heterocycles. The van der Waals surface area contributed by atoms with Crippen molar-refractivity contribution in [3.8, 4) is 0 Å². The Morgan fingerprint density at radius 1 is 1.43 bits per heavy atom. The van der Waals surface area contributed by atoms with Crippen LogP contribution in [0.4, 0.5) is 5.69 Å². The Balaban J connectivity index is 2.61. The summed E-state index contributed by atoms with van der Waals surface area (Å²) in [4.78, 5) is 10.5. The first-order chi connectivity index (χ1) is 6.52. The first kappa shape index (κ1) is 9.19. The van der Waals surface area contributed by atoms with E-state index in [0.717, 1.165) is 24.0 Å². The standard InChI is InChI=1S/C11H13NO2/c1-11(2)7-6-8-9(11)4-3-5-10(8)12(13)14/h3-5H,6-7H2,1-2H3. The Labute approximate surface area is 82.9 Å². The molecule has 0 unspecified atom stereocenters. The number of nitro groups is 1. The highest BCUT2D eigenvalue weighted by molar-refractivity contribution is 5.51. The second-order valence-electron chi connectivity index (χ2n) is 4.44. The van der Waals surface area contributed by atoms with Crippen molar-refractivity contribution < 1.29 is 4.92 Å². The van der Waals surface area contributed by atoms with Crippen LogP contribution < -0.4 is 0 Å². The maximum absolute atomic E-state index is 10.8. The Morgan fingerprint density at radius 2 is 2.14 bits per heavy atom. The molecule has 1 aliphatic rings. The van der Waals surface area contributed by atoms with Crippen LogP contribution in [0, 0.1) is 10.1 Å². The molecule has 0 atom stereocenters. The highest BCUT2D eigenvalue weighted by atomic mass is 16.6. The third-order valence-corrected chi connectivity index (χ3v) is 3.08. The lowest BCUT2D eigenvalue weighted by Gasteiger charge is -2.18. The van der Waals surface area contributed by atoms with Crippen molar-refractivity contribution in [1.82, 2.24) is 0 Å². The van der Waals surface area contributed by atoms with E-state index < -0.39 is 0 Å². The van der Waals surface area contributed by atoms with E-state index in [0.29, 0.717) is 0 Å². The fourth-order valence-corrected chi connectivity index (χ4v) is 2.21. The van der Waals surface area contributed by atoms with Crippen LogP contribution in [0.25, 0.3) is 0 Å². The number of fused-ring (bicyclic) bond motifs is 1. The van der Waals surface area contributed by atoms with E-state index in [4.69, 9.17) is 0 Å². The molecule has 0 N–H and O–H groups in total. The highest BCUT2D eigenvalue weighted by Crippen LogP contribution is 2.41. The molecule has 14 heavy (non-hydrogen) atoms. The van der Waals surface area contributed by atoms with Gasteiger partial charge < -0.3 is 0 Å². The van der Waals surface area contributed by atoms with Crippen LogP contribution in [0.2, 0.25) is 0 Å². The lowest BCUT2D eigenvalue weighted by molar-refractivity contribution is -0.385. The average molecular weight is 191 g/mol. The fourth-order valence-electron chi connectivity index (χ4n) is 2.21. The van der Waals surface area contributed by atoms with E-state index >= 15 is 0 Å². The molecule has 3 heteroatoms. The molecule has 0 spiro atoms. The van der Waals surface area contributed by atoms with E-state index in [1.807, 2.05) is 6.07 Å². The largest absolute Gasteiger partial charge is 0.272 e. The molecular formula is C11H13NO2. The van der Waals surface area contributed by atoms with Gasteiger partial charge in [-0.2, -0.15) is 0 Å². The number of nitro benzene ring substituents is 1. The second kappa shape index (κ2) is 2.80. The molecule has 0 radical (unpaired) electrons. The van der Waals surface area contributed by atoms with Gasteiger partial charge in [0, 0.05) is 11.6 Å². The Morgan fingerprint density at radius 3 is 2.79 bits per heavy atom. The first-order valence-electron chi connectivity index (χ1n) is 4.79. The van der Waals surface area contributed by atoms with Crippen molar-refractivity contribution in [3.63, 3.8) is 0 Å². The monoisotopic (exact) mass is 191 g/mol. The maximum Gasteiger partial charge on any atom is 0.272 e. The van der Waals surface area contributed by atoms with Crippen LogP contribution >= 0.6 is 0 Å². The van der Waals surface area contributed by atoms with Crippen LogP contribution in [0.15, 0.2) is 18.2 Å². The molecule has 3 nitrogen and oxygen atoms in total. The minimum absolute atomic E-state index is 0.0986. The number of rotatable bonds is 1. The number of hydrogen-bond acceptors (Lipinski definition) is 2. The predicted molar refractivity (Wildman–Crippen MR) is 54.4 cm³/mol. The van der Waals surface area contributed by atoms with Gasteiger partial charge in [0.25, 0.3) is 5.69 Å². The quantitative estimate of drug-likeness (QED) is 0.506. The minimum atomic E-state index is -0.278. The molecule has 0 aliphatic heterocycles. The summed E-state index contributed by atoms with van der Waals surface area (Å²) in [6, 6.07) is 5.39. The van der Waals surface area contributed by atoms with Gasteiger partial charge in [0.15, 0.2) is 0 Å². The summed E-state index contributed by atoms with van der Waals surface area (Å²) in [5.74, 6) is 0. The van der Waals surface area contributed by atoms with Gasteiger partial charge in [0.2, 0.25) is 0 Å². The van der Waals surface area contributed by atoms with Crippen LogP contribution in [0.1, 0.15) is 31.4 Å². The van der Waals surface area contributed by atoms with Crippen LogP contribution in [0.3, 0.4) is 0 Å². The highest BCUT2D eigenvalue weighted by Gasteiger charge is 2.33. The van der Waals surface area contributed by atoms with E-state index in [9.17, 15) is 10.1 Å². The molecular weight excluding hydrogens is 178 g/mol. The third-order valence-electron chi connectivity index (χ3n) is 3.08. The van der Waals surface area contributed by atoms with Crippen LogP contribution in [-0.2, 0) is 11.8 Å². The van der Waals surface area contributed by atoms with Gasteiger partial charge in [-0.1, -0.05) is 26.0 Å². The Kier molecular flexibility index (Phi) is 1.84. The van der Waals surface area contributed by atoms with Gasteiger partial charge in [-0.25, -0.2) is 0 Å². The van der Waals surface area contributed by atoms with E-state index in [2.05, 4.69) is 13.8 Å². The van der Waals surface area contributed by atoms with Gasteiger partial charge in [0.05, 0.1) is 4.92 Å². The van der Waals surface area contributed by atoms with Gasteiger partial charge >= 0.3 is 0 Å². The van der Waals surface area contributed by atoms with Gasteiger partial charge in [-0.15, -0.1) is 0 Å². The van der Waals surface area contributed by atoms with Crippen molar-refractivity contribution in [2.45, 2.75) is 32.1 Å². The Hall–Kier alpha value is -1.38. The summed E-state index contributed by atoms with van der Waals surface area (Å²) in [5, 5.41) is 10.8. The number of hydrogen-bond donors (Lipinski definition) is 0. The summed E-state index contributed by atoms with van der Waals surface area (Å²) in [7, 11) is 0. The topological polar surface area (TPSA) is 43.1 Å². The second-order valence-corrected chi connectivity index (χ2v) is 4.44. The van der Waals surface area contributed by atoms with Gasteiger partial charge in [0.1, 0.15) is 0 Å². The lowest BCUT2D eigenvalue weighted by atomic mass is 9.86. The minimum Gasteiger partial charge on any atom is -0.258 e. The van der Waals surface area contributed by atoms with Crippen molar-refractivity contribution in [2.24, 2.45) is 0 Å². The Bertz CT molecular complexity index is 396. The summed E-state index contributed by atoms with van der Waals surface area (Å²) >= 11 is 0. The molecule has 1 aromatic carbocycles. The molecule has 0 fully saturated rings. The summed E-state index contributed by atoms with van der Waals surface area (Å²) in [6.45, 7) is 4.28. The third kappa shape index (κ3) is 1.20. The van der Waals surface area contributed by atoms with Crippen molar-refractivity contribution in [1.29, 1.82) is 0 Å². The molecule has 0 saturated carbocycles. The molecule has 0 amide bonds. The normalized spacial score (nSPS) is 17.9. The molecule has 0 saturated heterocycles. The van der Waals surface area contributed by atoms with Crippen molar-refractivity contribution >= 4 is 5.69 Å². The molecule has 1 aromatic rings. The van der Waals surface area contributed by atoms with Gasteiger partial charge in [-0.05, 0) is 23.8 Å². The van der Waals surface area contributed by atoms with Crippen molar-refractivity contribution in [3.05, 3.63) is 39.4 Å². The van der Waals surface area contributed by atoms with Gasteiger partial charge in [-0.3, -0.25) is 10.1 Å². The van der Waals surface area contributed by atoms with Crippen molar-refractivity contribution in [2.75, 3.05) is 0 Å². The average Bonchev–Trinajstić information content (AvgIpc) is 2.42. The predicted octanol–water partition coefficient (Wildman–Crippen LogP) is 2.82. The van der Waals surface area contributed by atoms with E-state index in [-0.39, 0.29) is 16.0 Å². The number of benzene rings is 1. The zero-order chi connectivity index (χ0) is 10.3. The smallest absolute Gasteiger partial charge is 0.258 e. The van der Waals surface area contributed by atoms with Crippen LogP contribution in [-0.4, -0.2) is 4.92 Å². The summed E-state index contributed by atoms with van der Waals surface area (Å²) in [5.41, 5.74) is 2.46. The summed E-state index contributed by atoms with van der Waals surface area (Å²) < 4.78 is 0. The summed E-state index contributed by atoms with van der Waals surface area (Å²) in [6.07, 6.45) is 1.84. The van der Waals surface area contributed by atoms with Crippen LogP contribution in [0.5, 0.6) is 0 Å². The first-order valence-corrected chi connectivity index (χ1v) is 4.79. The zero-order valence-corrected chi connectivity index (χ0v) is 8.41. The lowest BCUT2D eigenvalue weighted by Crippen LogP contribution is -2.11. The molecule has 0 heterocycles. The molecule has 74 valence electrons. The maximum atomic E-state index is 10.8. The number of nitrogens with zero attached hydrogens (tertiary/aromatic N) is 1. The van der Waals surface area contributed by atoms with E-state index in [1.54, 1.807) is 12.1 Å². The molecule has 2 rings (SSSR count). The zero-order valence-electron chi connectivity index (χ0n) is 8.41. The van der Waals surface area contributed by atoms with E-state index in [1.165, 1.54) is 0 Å². The molecule has 0 bridgehead atoms. The fraction of sp³-hybridized carbons (Fsp3) is 0.455. The SMILES string of the molecule is CC1(C)CCc2c([N+](=O)[O-])cccc21.